The predicted molar refractivity (Wildman–Crippen MR) is 306 cm³/mol. The first-order chi connectivity index (χ1) is 38.5. The van der Waals surface area contributed by atoms with E-state index in [0.717, 1.165) is 5.56 Å². The number of phenolic OH excluding ortho intramolecular Hbond substituents is 1. The Morgan fingerprint density at radius 1 is 0.463 bits per heavy atom. The largest absolute Gasteiger partial charge is 0.508 e. The van der Waals surface area contributed by atoms with Crippen LogP contribution in [-0.2, 0) is 65.6 Å². The topological polar surface area (TPSA) is 415 Å². The Morgan fingerprint density at radius 3 is 1.39 bits per heavy atom. The van der Waals surface area contributed by atoms with Crippen LogP contribution in [-0.4, -0.2) is 142 Å². The van der Waals surface area contributed by atoms with Crippen LogP contribution in [0.3, 0.4) is 0 Å². The molecule has 0 aliphatic carbocycles. The van der Waals surface area contributed by atoms with Crippen molar-refractivity contribution in [3.05, 3.63) is 65.7 Å². The number of aromatic hydroxyl groups is 1. The zero-order valence-corrected chi connectivity index (χ0v) is 49.0. The molecule has 0 saturated heterocycles. The van der Waals surface area contributed by atoms with E-state index in [-0.39, 0.29) is 37.9 Å². The second-order valence-electron chi connectivity index (χ2n) is 21.6. The van der Waals surface area contributed by atoms with Crippen molar-refractivity contribution in [3.8, 4) is 5.75 Å². The van der Waals surface area contributed by atoms with Gasteiger partial charge in [-0.25, -0.2) is 0 Å². The van der Waals surface area contributed by atoms with Gasteiger partial charge in [-0.2, -0.15) is 0 Å². The normalized spacial score (nSPS) is 15.6. The lowest BCUT2D eigenvalue weighted by molar-refractivity contribution is -0.142. The van der Waals surface area contributed by atoms with E-state index in [0.29, 0.717) is 37.8 Å². The molecule has 2 rings (SSSR count). The monoisotopic (exact) mass is 1150 g/mol. The quantitative estimate of drug-likeness (QED) is 0.0393. The average molecular weight is 1150 g/mol. The maximum Gasteiger partial charge on any atom is 0.325 e. The van der Waals surface area contributed by atoms with Gasteiger partial charge in [0, 0.05) is 12.8 Å². The summed E-state index contributed by atoms with van der Waals surface area (Å²) in [6.45, 7) is 16.5. The van der Waals surface area contributed by atoms with Crippen molar-refractivity contribution in [2.24, 2.45) is 40.9 Å². The Bertz CT molecular complexity index is 2460. The van der Waals surface area contributed by atoms with Crippen molar-refractivity contribution in [1.82, 2.24) is 47.9 Å². The molecule has 0 fully saturated rings. The Labute approximate surface area is 480 Å². The number of aliphatic carboxylic acids is 1. The van der Waals surface area contributed by atoms with E-state index in [4.69, 9.17) is 17.2 Å². The first-order valence-corrected chi connectivity index (χ1v) is 28.1. The standard InChI is InChI=1S/C57H90N12O13/c1-11-32(7)46(68-51(75)41(25-26-43(60)71)63-49(73)39(59)28-36-18-14-13-15-19-36)55(79)61-34(9)48(72)65-42(29-37-21-23-38(70)24-22-37)52(76)66-45(31(5)6)54(78)69-47(33(8)12-2)56(80)67-44(30(3)4)53(77)64-40(20-16-17-27-58)50(74)62-35(10)57(81)82/h13-15,18-19,21-24,30-35,39-42,44-47,70H,11-12,16-17,20,25-29,58-59H2,1-10H3,(H2,60,71)(H,61,79)(H,62,74)(H,63,73)(H,64,77)(H,65,72)(H,66,76)(H,67,80)(H,68,75)(H,69,78)(H,81,82)/t32-,33-,34-,35-,39-,40-,41-,42-,44-,45-,46-,47-/m0/s1. The van der Waals surface area contributed by atoms with E-state index < -0.39 is 149 Å². The van der Waals surface area contributed by atoms with Gasteiger partial charge in [0.25, 0.3) is 0 Å². The predicted octanol–water partition coefficient (Wildman–Crippen LogP) is -0.209. The van der Waals surface area contributed by atoms with Crippen molar-refractivity contribution >= 4 is 65.0 Å². The molecule has 0 aliphatic rings. The third-order valence-corrected chi connectivity index (χ3v) is 14.1. The minimum Gasteiger partial charge on any atom is -0.508 e. The van der Waals surface area contributed by atoms with E-state index in [1.807, 2.05) is 0 Å². The number of carbonyl (C=O) groups is 11. The summed E-state index contributed by atoms with van der Waals surface area (Å²) >= 11 is 0. The second-order valence-corrected chi connectivity index (χ2v) is 21.6. The van der Waals surface area contributed by atoms with Gasteiger partial charge in [-0.3, -0.25) is 52.7 Å². The van der Waals surface area contributed by atoms with Crippen LogP contribution in [0.2, 0.25) is 0 Å². The molecular weight excluding hydrogens is 1060 g/mol. The van der Waals surface area contributed by atoms with Crippen molar-refractivity contribution in [1.29, 1.82) is 0 Å². The summed E-state index contributed by atoms with van der Waals surface area (Å²) in [7, 11) is 0. The van der Waals surface area contributed by atoms with Gasteiger partial charge in [-0.1, -0.05) is 111 Å². The lowest BCUT2D eigenvalue weighted by Crippen LogP contribution is -2.62. The van der Waals surface area contributed by atoms with Gasteiger partial charge in [-0.05, 0) is 99.4 Å². The molecule has 12 atom stereocenters. The number of amides is 10. The molecule has 2 aromatic carbocycles. The fourth-order valence-electron chi connectivity index (χ4n) is 8.40. The highest BCUT2D eigenvalue weighted by atomic mass is 16.4. The number of nitrogens with two attached hydrogens (primary N) is 3. The number of rotatable bonds is 36. The molecule has 0 saturated carbocycles. The molecule has 10 amide bonds. The Morgan fingerprint density at radius 2 is 0.878 bits per heavy atom. The number of hydrogen-bond acceptors (Lipinski definition) is 14. The zero-order valence-electron chi connectivity index (χ0n) is 49.0. The van der Waals surface area contributed by atoms with E-state index >= 15 is 0 Å². The third-order valence-electron chi connectivity index (χ3n) is 14.1. The Hall–Kier alpha value is -7.67. The molecule has 0 aliphatic heterocycles. The molecule has 17 N–H and O–H groups in total. The zero-order chi connectivity index (χ0) is 62.0. The van der Waals surface area contributed by atoms with Crippen LogP contribution in [0, 0.1) is 23.7 Å². The first kappa shape index (κ1) is 70.4. The molecule has 456 valence electrons. The highest BCUT2D eigenvalue weighted by Crippen LogP contribution is 2.16. The maximum atomic E-state index is 14.4. The van der Waals surface area contributed by atoms with Crippen molar-refractivity contribution < 1.29 is 63.0 Å². The van der Waals surface area contributed by atoms with E-state index in [9.17, 15) is 63.0 Å². The minimum atomic E-state index is -1.41. The number of nitrogens with one attached hydrogen (secondary N) is 9. The van der Waals surface area contributed by atoms with Gasteiger partial charge in [0.05, 0.1) is 6.04 Å². The molecule has 25 heteroatoms. The van der Waals surface area contributed by atoms with Crippen LogP contribution >= 0.6 is 0 Å². The number of carboxylic acid groups (broad SMARTS) is 1. The van der Waals surface area contributed by atoms with Gasteiger partial charge in [0.15, 0.2) is 0 Å². The highest BCUT2D eigenvalue weighted by Gasteiger charge is 2.38. The Kier molecular flexibility index (Phi) is 30.3. The summed E-state index contributed by atoms with van der Waals surface area (Å²) in [5, 5.41) is 43.1. The third kappa shape index (κ3) is 23.8. The summed E-state index contributed by atoms with van der Waals surface area (Å²) < 4.78 is 0. The molecule has 0 bridgehead atoms. The minimum absolute atomic E-state index is 0.0735. The van der Waals surface area contributed by atoms with Crippen LogP contribution in [0.4, 0.5) is 0 Å². The second kappa shape index (κ2) is 35.2. The van der Waals surface area contributed by atoms with Gasteiger partial charge in [0.1, 0.15) is 60.1 Å². The maximum absolute atomic E-state index is 14.4. The average Bonchev–Trinajstić information content (AvgIpc) is 3.47. The summed E-state index contributed by atoms with van der Waals surface area (Å²) in [5.74, 6) is -11.3. The van der Waals surface area contributed by atoms with E-state index in [1.54, 1.807) is 85.7 Å². The highest BCUT2D eigenvalue weighted by molar-refractivity contribution is 5.99. The fraction of sp³-hybridized carbons (Fsp3) is 0.596. The number of carbonyl (C=O) groups excluding carboxylic acids is 10. The van der Waals surface area contributed by atoms with Crippen LogP contribution in [0.15, 0.2) is 54.6 Å². The molecule has 0 heterocycles. The number of unbranched alkanes of at least 4 members (excludes halogenated alkanes) is 1. The van der Waals surface area contributed by atoms with Crippen LogP contribution < -0.4 is 65.1 Å². The number of hydrogen-bond donors (Lipinski definition) is 14. The van der Waals surface area contributed by atoms with E-state index in [2.05, 4.69) is 47.9 Å². The van der Waals surface area contributed by atoms with Gasteiger partial charge in [0.2, 0.25) is 59.1 Å². The molecular formula is C57H90N12O13. The SMILES string of the molecule is CC[C@H](C)[C@H](NC(=O)[C@H](CCC(N)=O)NC(=O)[C@@H](N)Cc1ccccc1)C(=O)N[C@@H](C)C(=O)N[C@@H](Cc1ccc(O)cc1)C(=O)N[C@H](C(=O)N[C@H](C(=O)N[C@H](C(=O)N[C@@H](CCCCN)C(=O)N[C@@H](C)C(=O)O)C(C)C)[C@@H](C)CC)C(C)C. The first-order valence-electron chi connectivity index (χ1n) is 28.1. The molecule has 0 unspecified atom stereocenters. The summed E-state index contributed by atoms with van der Waals surface area (Å²) in [6, 6.07) is 2.09. The van der Waals surface area contributed by atoms with Gasteiger partial charge in [-0.15, -0.1) is 0 Å². The molecule has 82 heavy (non-hydrogen) atoms. The molecule has 2 aromatic rings. The Balaban J connectivity index is 2.38. The molecule has 0 spiro atoms. The molecule has 0 aromatic heterocycles. The van der Waals surface area contributed by atoms with Crippen molar-refractivity contribution in [2.45, 2.75) is 187 Å². The number of carboxylic acids is 1. The van der Waals surface area contributed by atoms with Crippen LogP contribution in [0.1, 0.15) is 125 Å². The lowest BCUT2D eigenvalue weighted by atomic mass is 9.95. The van der Waals surface area contributed by atoms with E-state index in [1.165, 1.54) is 38.1 Å². The van der Waals surface area contributed by atoms with Gasteiger partial charge >= 0.3 is 5.97 Å². The summed E-state index contributed by atoms with van der Waals surface area (Å²) in [5.41, 5.74) is 18.5. The van der Waals surface area contributed by atoms with Crippen molar-refractivity contribution in [3.63, 3.8) is 0 Å². The number of phenols is 1. The fourth-order valence-corrected chi connectivity index (χ4v) is 8.40. The summed E-state index contributed by atoms with van der Waals surface area (Å²) in [6.07, 6.45) is 1.29. The number of benzene rings is 2. The smallest absolute Gasteiger partial charge is 0.325 e. The lowest BCUT2D eigenvalue weighted by Gasteiger charge is -2.31. The summed E-state index contributed by atoms with van der Waals surface area (Å²) in [4.78, 5) is 148. The molecule has 25 nitrogen and oxygen atoms in total. The number of primary amides is 1. The van der Waals surface area contributed by atoms with Crippen molar-refractivity contribution in [2.75, 3.05) is 6.54 Å². The van der Waals surface area contributed by atoms with Crippen LogP contribution in [0.5, 0.6) is 5.75 Å². The van der Waals surface area contributed by atoms with Crippen LogP contribution in [0.25, 0.3) is 0 Å². The molecule has 0 radical (unpaired) electrons. The van der Waals surface area contributed by atoms with Gasteiger partial charge < -0.3 is 75.3 Å².